The molecule has 3 N–H and O–H groups in total. The fourth-order valence-corrected chi connectivity index (χ4v) is 1.73. The summed E-state index contributed by atoms with van der Waals surface area (Å²) in [6.45, 7) is 2.31. The van der Waals surface area contributed by atoms with Crippen LogP contribution in [0.15, 0.2) is 30.3 Å². The molecule has 0 aliphatic carbocycles. The Morgan fingerprint density at radius 3 is 2.63 bits per heavy atom. The summed E-state index contributed by atoms with van der Waals surface area (Å²) in [7, 11) is 1.62. The minimum Gasteiger partial charge on any atom is -0.396 e. The quantitative estimate of drug-likeness (QED) is 0.699. The van der Waals surface area contributed by atoms with Crippen molar-refractivity contribution in [1.29, 1.82) is 0 Å². The Morgan fingerprint density at radius 1 is 1.37 bits per heavy atom. The molecule has 0 aliphatic rings. The van der Waals surface area contributed by atoms with Gasteiger partial charge in [-0.2, -0.15) is 0 Å². The molecule has 0 saturated carbocycles. The van der Waals surface area contributed by atoms with Gasteiger partial charge >= 0.3 is 6.03 Å². The lowest BCUT2D eigenvalue weighted by molar-refractivity contribution is 0.104. The molecule has 0 aromatic heterocycles. The number of rotatable bonds is 7. The van der Waals surface area contributed by atoms with Crippen LogP contribution in [0.4, 0.5) is 4.79 Å². The molecule has 19 heavy (non-hydrogen) atoms. The first-order valence-corrected chi connectivity index (χ1v) is 6.40. The van der Waals surface area contributed by atoms with Crippen LogP contribution in [0.5, 0.6) is 0 Å². The third-order valence-corrected chi connectivity index (χ3v) is 2.84. The smallest absolute Gasteiger partial charge is 0.315 e. The summed E-state index contributed by atoms with van der Waals surface area (Å²) in [5.41, 5.74) is 1.02. The lowest BCUT2D eigenvalue weighted by atomic mass is 10.1. The van der Waals surface area contributed by atoms with E-state index in [1.54, 1.807) is 7.11 Å². The summed E-state index contributed by atoms with van der Waals surface area (Å²) in [6.07, 6.45) is 0.375. The minimum absolute atomic E-state index is 0.0530. The maximum atomic E-state index is 11.6. The second-order valence-corrected chi connectivity index (χ2v) is 4.40. The molecule has 1 aromatic rings. The Balaban J connectivity index is 2.39. The van der Waals surface area contributed by atoms with E-state index in [0.717, 1.165) is 5.56 Å². The summed E-state index contributed by atoms with van der Waals surface area (Å²) in [6, 6.07) is 9.42. The first kappa shape index (κ1) is 15.5. The lowest BCUT2D eigenvalue weighted by Gasteiger charge is -2.18. The third kappa shape index (κ3) is 5.72. The van der Waals surface area contributed by atoms with Crippen molar-refractivity contribution in [2.24, 2.45) is 0 Å². The van der Waals surface area contributed by atoms with Crippen molar-refractivity contribution in [2.45, 2.75) is 25.5 Å². The van der Waals surface area contributed by atoms with E-state index in [0.29, 0.717) is 13.0 Å². The van der Waals surface area contributed by atoms with Gasteiger partial charge in [0, 0.05) is 26.3 Å². The number of amides is 2. The number of methoxy groups -OCH3 is 1. The zero-order valence-corrected chi connectivity index (χ0v) is 11.4. The zero-order valence-electron chi connectivity index (χ0n) is 11.4. The van der Waals surface area contributed by atoms with E-state index < -0.39 is 0 Å². The van der Waals surface area contributed by atoms with Gasteiger partial charge in [0.15, 0.2) is 0 Å². The van der Waals surface area contributed by atoms with Crippen LogP contribution in [0.3, 0.4) is 0 Å². The molecule has 5 nitrogen and oxygen atoms in total. The van der Waals surface area contributed by atoms with Gasteiger partial charge < -0.3 is 20.5 Å². The summed E-state index contributed by atoms with van der Waals surface area (Å²) in [4.78, 5) is 11.6. The number of carbonyl (C=O) groups excluding carboxylic acids is 1. The number of aliphatic hydroxyl groups is 1. The van der Waals surface area contributed by atoms with Crippen molar-refractivity contribution >= 4 is 6.03 Å². The Morgan fingerprint density at radius 2 is 2.05 bits per heavy atom. The normalized spacial score (nSPS) is 13.6. The fourth-order valence-electron chi connectivity index (χ4n) is 1.73. The predicted octanol–water partition coefficient (Wildman–Crippen LogP) is 1.44. The number of ether oxygens (including phenoxy) is 1. The number of carbonyl (C=O) groups is 1. The van der Waals surface area contributed by atoms with Gasteiger partial charge in [0.25, 0.3) is 0 Å². The SMILES string of the molecule is COC(CNC(=O)N[C@H](C)CCO)c1ccccc1. The molecule has 0 fully saturated rings. The van der Waals surface area contributed by atoms with Crippen LogP contribution in [0, 0.1) is 0 Å². The number of hydrogen-bond acceptors (Lipinski definition) is 3. The zero-order chi connectivity index (χ0) is 14.1. The van der Waals surface area contributed by atoms with Crippen LogP contribution in [0.25, 0.3) is 0 Å². The monoisotopic (exact) mass is 266 g/mol. The molecule has 1 aromatic carbocycles. The van der Waals surface area contributed by atoms with E-state index in [-0.39, 0.29) is 24.8 Å². The summed E-state index contributed by atoms with van der Waals surface area (Å²) < 4.78 is 5.36. The molecule has 106 valence electrons. The number of nitrogens with one attached hydrogen (secondary N) is 2. The highest BCUT2D eigenvalue weighted by Gasteiger charge is 2.12. The minimum atomic E-state index is -0.251. The number of benzene rings is 1. The van der Waals surface area contributed by atoms with Gasteiger partial charge in [-0.05, 0) is 18.9 Å². The first-order valence-electron chi connectivity index (χ1n) is 6.40. The van der Waals surface area contributed by atoms with Gasteiger partial charge in [0.05, 0.1) is 6.10 Å². The Bertz CT molecular complexity index is 370. The lowest BCUT2D eigenvalue weighted by Crippen LogP contribution is -2.42. The van der Waals surface area contributed by atoms with Gasteiger partial charge in [-0.3, -0.25) is 0 Å². The second-order valence-electron chi connectivity index (χ2n) is 4.40. The van der Waals surface area contributed by atoms with E-state index >= 15 is 0 Å². The van der Waals surface area contributed by atoms with E-state index in [2.05, 4.69) is 10.6 Å². The maximum Gasteiger partial charge on any atom is 0.315 e. The van der Waals surface area contributed by atoms with Crippen molar-refractivity contribution in [3.05, 3.63) is 35.9 Å². The highest BCUT2D eigenvalue weighted by atomic mass is 16.5. The third-order valence-electron chi connectivity index (χ3n) is 2.84. The van der Waals surface area contributed by atoms with Gasteiger partial charge in [-0.15, -0.1) is 0 Å². The molecular weight excluding hydrogens is 244 g/mol. The highest BCUT2D eigenvalue weighted by molar-refractivity contribution is 5.74. The van der Waals surface area contributed by atoms with E-state index in [1.807, 2.05) is 37.3 Å². The average molecular weight is 266 g/mol. The molecule has 2 amide bonds. The molecule has 5 heteroatoms. The van der Waals surface area contributed by atoms with Crippen LogP contribution >= 0.6 is 0 Å². The van der Waals surface area contributed by atoms with Crippen LogP contribution in [-0.4, -0.2) is 37.4 Å². The first-order chi connectivity index (χ1) is 9.17. The standard InChI is InChI=1S/C14H22N2O3/c1-11(8-9-17)16-14(18)15-10-13(19-2)12-6-4-3-5-7-12/h3-7,11,13,17H,8-10H2,1-2H3,(H2,15,16,18)/t11-,13?/m1/s1. The molecular formula is C14H22N2O3. The van der Waals surface area contributed by atoms with Crippen molar-refractivity contribution in [2.75, 3.05) is 20.3 Å². The highest BCUT2D eigenvalue weighted by Crippen LogP contribution is 2.14. The van der Waals surface area contributed by atoms with E-state index in [1.165, 1.54) is 0 Å². The fraction of sp³-hybridized carbons (Fsp3) is 0.500. The Kier molecular flexibility index (Phi) is 6.92. The van der Waals surface area contributed by atoms with Gasteiger partial charge in [-0.25, -0.2) is 4.79 Å². The van der Waals surface area contributed by atoms with Crippen molar-refractivity contribution < 1.29 is 14.6 Å². The molecule has 0 radical (unpaired) electrons. The van der Waals surface area contributed by atoms with Gasteiger partial charge in [-0.1, -0.05) is 30.3 Å². The number of urea groups is 1. The molecule has 0 aliphatic heterocycles. The molecule has 1 unspecified atom stereocenters. The molecule has 0 saturated heterocycles. The number of aliphatic hydroxyl groups excluding tert-OH is 1. The van der Waals surface area contributed by atoms with Crippen LogP contribution in [0.1, 0.15) is 25.0 Å². The van der Waals surface area contributed by atoms with Gasteiger partial charge in [0.2, 0.25) is 0 Å². The predicted molar refractivity (Wildman–Crippen MR) is 73.9 cm³/mol. The maximum absolute atomic E-state index is 11.6. The van der Waals surface area contributed by atoms with Crippen molar-refractivity contribution in [1.82, 2.24) is 10.6 Å². The molecule has 0 bridgehead atoms. The van der Waals surface area contributed by atoms with Crippen molar-refractivity contribution in [3.63, 3.8) is 0 Å². The molecule has 2 atom stereocenters. The Hall–Kier alpha value is -1.59. The summed E-state index contributed by atoms with van der Waals surface area (Å²) in [5.74, 6) is 0. The summed E-state index contributed by atoms with van der Waals surface area (Å²) >= 11 is 0. The van der Waals surface area contributed by atoms with Crippen LogP contribution < -0.4 is 10.6 Å². The van der Waals surface area contributed by atoms with Crippen molar-refractivity contribution in [3.8, 4) is 0 Å². The second kappa shape index (κ2) is 8.50. The summed E-state index contributed by atoms with van der Waals surface area (Å²) in [5, 5.41) is 14.3. The topological polar surface area (TPSA) is 70.6 Å². The average Bonchev–Trinajstić information content (AvgIpc) is 2.41. The van der Waals surface area contributed by atoms with Crippen LogP contribution in [0.2, 0.25) is 0 Å². The Labute approximate surface area is 114 Å². The van der Waals surface area contributed by atoms with E-state index in [4.69, 9.17) is 9.84 Å². The van der Waals surface area contributed by atoms with Gasteiger partial charge in [0.1, 0.15) is 0 Å². The molecule has 1 rings (SSSR count). The largest absolute Gasteiger partial charge is 0.396 e. The molecule has 0 spiro atoms. The van der Waals surface area contributed by atoms with Crippen LogP contribution in [-0.2, 0) is 4.74 Å². The molecule has 0 heterocycles. The van der Waals surface area contributed by atoms with E-state index in [9.17, 15) is 4.79 Å². The number of hydrogen-bond donors (Lipinski definition) is 3.